The molecular weight excluding hydrogens is 460 g/mol. The highest BCUT2D eigenvalue weighted by molar-refractivity contribution is 5.88. The Kier molecular flexibility index (Phi) is 9.90. The predicted molar refractivity (Wildman–Crippen MR) is 150 cm³/mol. The van der Waals surface area contributed by atoms with Crippen molar-refractivity contribution in [1.29, 1.82) is 0 Å². The van der Waals surface area contributed by atoms with Crippen LogP contribution in [0.2, 0.25) is 0 Å². The molecule has 1 atom stereocenters. The Labute approximate surface area is 221 Å². The molecule has 5 heteroatoms. The third-order valence-electron chi connectivity index (χ3n) is 6.30. The van der Waals surface area contributed by atoms with E-state index in [4.69, 9.17) is 4.74 Å². The highest BCUT2D eigenvalue weighted by Crippen LogP contribution is 2.31. The van der Waals surface area contributed by atoms with E-state index in [1.165, 1.54) is 0 Å². The Balaban J connectivity index is 1.93. The van der Waals surface area contributed by atoms with Crippen LogP contribution in [0.15, 0.2) is 78.9 Å². The number of hydrogen-bond acceptors (Lipinski definition) is 3. The molecule has 0 bridgehead atoms. The Bertz CT molecular complexity index is 1170. The van der Waals surface area contributed by atoms with Crippen LogP contribution in [0.3, 0.4) is 0 Å². The van der Waals surface area contributed by atoms with Gasteiger partial charge in [-0.15, -0.1) is 0 Å². The first-order valence-corrected chi connectivity index (χ1v) is 13.1. The molecule has 3 rings (SSSR count). The summed E-state index contributed by atoms with van der Waals surface area (Å²) in [5, 5.41) is 3.01. The lowest BCUT2D eigenvalue weighted by Gasteiger charge is -2.32. The average molecular weight is 501 g/mol. The van der Waals surface area contributed by atoms with Crippen LogP contribution in [-0.2, 0) is 28.0 Å². The summed E-state index contributed by atoms with van der Waals surface area (Å²) in [6.45, 7) is 11.1. The molecule has 0 heterocycles. The molecule has 3 aromatic carbocycles. The van der Waals surface area contributed by atoms with Crippen LogP contribution in [-0.4, -0.2) is 35.9 Å². The maximum Gasteiger partial charge on any atom is 0.261 e. The summed E-state index contributed by atoms with van der Waals surface area (Å²) < 4.78 is 6.11. The third-order valence-corrected chi connectivity index (χ3v) is 6.30. The van der Waals surface area contributed by atoms with E-state index in [0.29, 0.717) is 25.3 Å². The summed E-state index contributed by atoms with van der Waals surface area (Å²) in [6, 6.07) is 25.0. The van der Waals surface area contributed by atoms with Gasteiger partial charge in [-0.3, -0.25) is 9.59 Å². The second-order valence-corrected chi connectivity index (χ2v) is 10.5. The second kappa shape index (κ2) is 13.1. The fraction of sp³-hybridized carbons (Fsp3) is 0.375. The minimum Gasteiger partial charge on any atom is -0.483 e. The first kappa shape index (κ1) is 28.0. The Morgan fingerprint density at radius 3 is 2.27 bits per heavy atom. The lowest BCUT2D eigenvalue weighted by Crippen LogP contribution is -2.51. The number of ether oxygens (including phenoxy) is 1. The van der Waals surface area contributed by atoms with Crippen LogP contribution in [0.4, 0.5) is 0 Å². The number of benzene rings is 3. The predicted octanol–water partition coefficient (Wildman–Crippen LogP) is 5.84. The van der Waals surface area contributed by atoms with Gasteiger partial charge in [0.2, 0.25) is 5.91 Å². The van der Waals surface area contributed by atoms with Crippen molar-refractivity contribution in [3.8, 4) is 5.75 Å². The summed E-state index contributed by atoms with van der Waals surface area (Å²) >= 11 is 0. The Morgan fingerprint density at radius 2 is 1.59 bits per heavy atom. The summed E-state index contributed by atoms with van der Waals surface area (Å²) in [4.78, 5) is 28.9. The molecule has 0 saturated carbocycles. The van der Waals surface area contributed by atoms with Gasteiger partial charge in [-0.2, -0.15) is 0 Å². The normalized spacial score (nSPS) is 12.0. The lowest BCUT2D eigenvalue weighted by atomic mass is 9.86. The molecule has 37 heavy (non-hydrogen) atoms. The highest BCUT2D eigenvalue weighted by atomic mass is 16.5. The number of hydrogen-bond donors (Lipinski definition) is 1. The molecule has 0 aliphatic heterocycles. The first-order chi connectivity index (χ1) is 17.7. The van der Waals surface area contributed by atoms with E-state index in [1.54, 1.807) is 4.90 Å². The van der Waals surface area contributed by atoms with Crippen LogP contribution >= 0.6 is 0 Å². The lowest BCUT2D eigenvalue weighted by molar-refractivity contribution is -0.142. The number of carbonyl (C=O) groups excluding carboxylic acids is 2. The molecule has 196 valence electrons. The Morgan fingerprint density at radius 1 is 0.919 bits per heavy atom. The van der Waals surface area contributed by atoms with Crippen LogP contribution in [0.1, 0.15) is 56.4 Å². The van der Waals surface area contributed by atoms with Crippen molar-refractivity contribution in [2.75, 3.05) is 13.2 Å². The maximum atomic E-state index is 13.8. The van der Waals surface area contributed by atoms with Crippen LogP contribution in [0.25, 0.3) is 0 Å². The van der Waals surface area contributed by atoms with E-state index < -0.39 is 6.04 Å². The van der Waals surface area contributed by atoms with E-state index in [9.17, 15) is 9.59 Å². The maximum absolute atomic E-state index is 13.8. The van der Waals surface area contributed by atoms with E-state index >= 15 is 0 Å². The van der Waals surface area contributed by atoms with Gasteiger partial charge in [0.05, 0.1) is 0 Å². The quantitative estimate of drug-likeness (QED) is 0.360. The molecule has 0 aromatic heterocycles. The molecule has 0 spiro atoms. The second-order valence-electron chi connectivity index (χ2n) is 10.5. The van der Waals surface area contributed by atoms with E-state index in [2.05, 4.69) is 32.2 Å². The number of nitrogens with one attached hydrogen (secondary N) is 1. The van der Waals surface area contributed by atoms with Gasteiger partial charge >= 0.3 is 0 Å². The fourth-order valence-electron chi connectivity index (χ4n) is 4.36. The van der Waals surface area contributed by atoms with Gasteiger partial charge in [-0.25, -0.2) is 0 Å². The summed E-state index contributed by atoms with van der Waals surface area (Å²) in [5.41, 5.74) is 3.99. The van der Waals surface area contributed by atoms with Gasteiger partial charge in [0.1, 0.15) is 11.8 Å². The van der Waals surface area contributed by atoms with Gasteiger partial charge < -0.3 is 15.0 Å². The van der Waals surface area contributed by atoms with Crippen molar-refractivity contribution in [2.45, 2.75) is 65.5 Å². The monoisotopic (exact) mass is 500 g/mol. The van der Waals surface area contributed by atoms with Gasteiger partial charge in [-0.1, -0.05) is 106 Å². The van der Waals surface area contributed by atoms with Crippen molar-refractivity contribution in [1.82, 2.24) is 10.2 Å². The van der Waals surface area contributed by atoms with Gasteiger partial charge in [0.25, 0.3) is 5.91 Å². The fourth-order valence-corrected chi connectivity index (χ4v) is 4.36. The van der Waals surface area contributed by atoms with Gasteiger partial charge in [0.15, 0.2) is 6.61 Å². The first-order valence-electron chi connectivity index (χ1n) is 13.1. The van der Waals surface area contributed by atoms with E-state index in [-0.39, 0.29) is 23.8 Å². The van der Waals surface area contributed by atoms with Crippen LogP contribution < -0.4 is 10.1 Å². The van der Waals surface area contributed by atoms with E-state index in [1.807, 2.05) is 86.6 Å². The minimum atomic E-state index is -0.663. The van der Waals surface area contributed by atoms with Crippen molar-refractivity contribution >= 4 is 11.8 Å². The standard InChI is InChI=1S/C32H40N2O3/c1-6-19-33-31(36)28(21-25-14-8-7-9-15-25)34(22-26-16-12-13-24(2)20-26)30(35)23-37-29-18-11-10-17-27(29)32(3,4)5/h7-18,20,28H,6,19,21-23H2,1-5H3,(H,33,36)/t28-/m1/s1. The number of amides is 2. The summed E-state index contributed by atoms with van der Waals surface area (Å²) in [5.74, 6) is 0.313. The summed E-state index contributed by atoms with van der Waals surface area (Å²) in [6.07, 6.45) is 1.24. The van der Waals surface area contributed by atoms with E-state index in [0.717, 1.165) is 28.7 Å². The smallest absolute Gasteiger partial charge is 0.261 e. The largest absolute Gasteiger partial charge is 0.483 e. The molecule has 3 aromatic rings. The minimum absolute atomic E-state index is 0.128. The molecular formula is C32H40N2O3. The third kappa shape index (κ3) is 8.21. The van der Waals surface area contributed by atoms with Crippen molar-refractivity contribution in [3.05, 3.63) is 101 Å². The molecule has 0 unspecified atom stereocenters. The Hall–Kier alpha value is -3.60. The van der Waals surface area contributed by atoms with Crippen LogP contribution in [0, 0.1) is 6.92 Å². The number of para-hydroxylation sites is 1. The number of aryl methyl sites for hydroxylation is 1. The number of rotatable bonds is 11. The molecule has 2 amide bonds. The topological polar surface area (TPSA) is 58.6 Å². The molecule has 0 radical (unpaired) electrons. The van der Waals surface area contributed by atoms with Gasteiger partial charge in [-0.05, 0) is 41.5 Å². The zero-order chi connectivity index (χ0) is 26.8. The number of carbonyl (C=O) groups is 2. The summed E-state index contributed by atoms with van der Waals surface area (Å²) in [7, 11) is 0. The zero-order valence-corrected chi connectivity index (χ0v) is 22.8. The van der Waals surface area contributed by atoms with Crippen molar-refractivity contribution in [3.63, 3.8) is 0 Å². The molecule has 0 saturated heterocycles. The average Bonchev–Trinajstić information content (AvgIpc) is 2.88. The molecule has 0 fully saturated rings. The molecule has 1 N–H and O–H groups in total. The van der Waals surface area contributed by atoms with Crippen molar-refractivity contribution in [2.24, 2.45) is 0 Å². The number of nitrogens with zero attached hydrogens (tertiary/aromatic N) is 1. The van der Waals surface area contributed by atoms with Gasteiger partial charge in [0, 0.05) is 19.5 Å². The van der Waals surface area contributed by atoms with Crippen molar-refractivity contribution < 1.29 is 14.3 Å². The SMILES string of the molecule is CCCNC(=O)[C@@H](Cc1ccccc1)N(Cc1cccc(C)c1)C(=O)COc1ccccc1C(C)(C)C. The highest BCUT2D eigenvalue weighted by Gasteiger charge is 2.31. The molecule has 5 nitrogen and oxygen atoms in total. The molecule has 0 aliphatic carbocycles. The van der Waals surface area contributed by atoms with Crippen LogP contribution in [0.5, 0.6) is 5.75 Å². The molecule has 0 aliphatic rings. The zero-order valence-electron chi connectivity index (χ0n) is 22.8.